The monoisotopic (exact) mass is 401 g/mol. The molecular formula is C24H20FN3O2. The number of imidazole rings is 1. The van der Waals surface area contributed by atoms with Gasteiger partial charge in [0.2, 0.25) is 0 Å². The maximum absolute atomic E-state index is 14.2. The number of halogens is 1. The van der Waals surface area contributed by atoms with Crippen LogP contribution in [0.5, 0.6) is 5.75 Å². The number of fused-ring (bicyclic) bond motifs is 2. The molecule has 0 spiro atoms. The van der Waals surface area contributed by atoms with Crippen molar-refractivity contribution in [2.24, 2.45) is 0 Å². The highest BCUT2D eigenvalue weighted by Crippen LogP contribution is 2.30. The number of nitrogens with zero attached hydrogens (tertiary/aromatic N) is 3. The third kappa shape index (κ3) is 3.20. The van der Waals surface area contributed by atoms with Gasteiger partial charge >= 0.3 is 0 Å². The average Bonchev–Trinajstić information content (AvgIpc) is 3.06. The second kappa shape index (κ2) is 7.63. The zero-order chi connectivity index (χ0) is 20.5. The second-order valence-electron chi connectivity index (χ2n) is 7.29. The molecule has 5 rings (SSSR count). The van der Waals surface area contributed by atoms with E-state index in [4.69, 9.17) is 4.74 Å². The van der Waals surface area contributed by atoms with Crippen LogP contribution in [0.3, 0.4) is 0 Å². The van der Waals surface area contributed by atoms with Crippen LogP contribution in [0.15, 0.2) is 79.1 Å². The lowest BCUT2D eigenvalue weighted by atomic mass is 10.0. The Morgan fingerprint density at radius 3 is 2.67 bits per heavy atom. The number of rotatable bonds is 3. The van der Waals surface area contributed by atoms with Crippen LogP contribution in [0.1, 0.15) is 17.2 Å². The Labute approximate surface area is 173 Å². The van der Waals surface area contributed by atoms with Crippen molar-refractivity contribution >= 4 is 16.9 Å². The minimum atomic E-state index is -0.575. The fraction of sp³-hybridized carbons (Fsp3) is 0.167. The number of carbonyl (C=O) groups is 1. The van der Waals surface area contributed by atoms with Crippen LogP contribution in [0.4, 0.5) is 4.39 Å². The van der Waals surface area contributed by atoms with E-state index in [0.29, 0.717) is 18.7 Å². The van der Waals surface area contributed by atoms with Crippen LogP contribution in [-0.2, 0) is 11.3 Å². The van der Waals surface area contributed by atoms with Gasteiger partial charge in [0.05, 0.1) is 23.9 Å². The first kappa shape index (κ1) is 18.4. The van der Waals surface area contributed by atoms with E-state index in [1.54, 1.807) is 23.4 Å². The number of ether oxygens (including phenoxy) is 1. The van der Waals surface area contributed by atoms with E-state index >= 15 is 0 Å². The molecular weight excluding hydrogens is 381 g/mol. The van der Waals surface area contributed by atoms with Crippen LogP contribution >= 0.6 is 0 Å². The maximum Gasteiger partial charge on any atom is 0.250 e. The second-order valence-corrected chi connectivity index (χ2v) is 7.29. The molecule has 0 radical (unpaired) electrons. The first-order chi connectivity index (χ1) is 14.7. The lowest BCUT2D eigenvalue weighted by Gasteiger charge is -2.27. The molecule has 1 unspecified atom stereocenters. The molecule has 3 aromatic carbocycles. The minimum absolute atomic E-state index is 0.0786. The summed E-state index contributed by atoms with van der Waals surface area (Å²) in [4.78, 5) is 20.0. The van der Waals surface area contributed by atoms with E-state index in [9.17, 15) is 9.18 Å². The van der Waals surface area contributed by atoms with E-state index in [1.165, 1.54) is 6.07 Å². The van der Waals surface area contributed by atoms with Crippen LogP contribution in [0.2, 0.25) is 0 Å². The third-order valence-corrected chi connectivity index (χ3v) is 5.44. The quantitative estimate of drug-likeness (QED) is 0.517. The van der Waals surface area contributed by atoms with E-state index in [0.717, 1.165) is 16.6 Å². The van der Waals surface area contributed by atoms with Crippen molar-refractivity contribution in [2.45, 2.75) is 12.6 Å². The lowest BCUT2D eigenvalue weighted by molar-refractivity contribution is -0.134. The highest BCUT2D eigenvalue weighted by molar-refractivity contribution is 5.86. The molecule has 6 heteroatoms. The van der Waals surface area contributed by atoms with Gasteiger partial charge in [0.15, 0.2) is 11.6 Å². The van der Waals surface area contributed by atoms with Gasteiger partial charge in [-0.15, -0.1) is 0 Å². The Morgan fingerprint density at radius 1 is 1.00 bits per heavy atom. The van der Waals surface area contributed by atoms with Gasteiger partial charge in [-0.3, -0.25) is 4.79 Å². The Kier molecular flexibility index (Phi) is 4.67. The summed E-state index contributed by atoms with van der Waals surface area (Å²) < 4.78 is 21.7. The average molecular weight is 401 g/mol. The summed E-state index contributed by atoms with van der Waals surface area (Å²) in [7, 11) is 0. The third-order valence-electron chi connectivity index (χ3n) is 5.44. The summed E-state index contributed by atoms with van der Waals surface area (Å²) in [6.07, 6.45) is 1.71. The van der Waals surface area contributed by atoms with Gasteiger partial charge in [0.1, 0.15) is 12.6 Å². The maximum atomic E-state index is 14.2. The Hall–Kier alpha value is -3.67. The van der Waals surface area contributed by atoms with Crippen LogP contribution in [0.25, 0.3) is 11.0 Å². The van der Waals surface area contributed by atoms with Gasteiger partial charge < -0.3 is 14.2 Å². The molecule has 30 heavy (non-hydrogen) atoms. The molecule has 1 atom stereocenters. The number of benzene rings is 3. The summed E-state index contributed by atoms with van der Waals surface area (Å²) in [5.74, 6) is -0.246. The fourth-order valence-electron chi connectivity index (χ4n) is 3.98. The first-order valence-electron chi connectivity index (χ1n) is 9.88. The first-order valence-corrected chi connectivity index (χ1v) is 9.88. The van der Waals surface area contributed by atoms with Crippen molar-refractivity contribution in [3.05, 3.63) is 96.1 Å². The summed E-state index contributed by atoms with van der Waals surface area (Å²) in [5, 5.41) is 0. The molecule has 1 aromatic heterocycles. The highest BCUT2D eigenvalue weighted by Gasteiger charge is 2.30. The Balaban J connectivity index is 1.57. The molecule has 1 aliphatic rings. The number of para-hydroxylation sites is 3. The van der Waals surface area contributed by atoms with Crippen molar-refractivity contribution in [1.29, 1.82) is 0 Å². The molecule has 150 valence electrons. The van der Waals surface area contributed by atoms with E-state index in [1.807, 2.05) is 59.2 Å². The zero-order valence-corrected chi connectivity index (χ0v) is 16.2. The molecule has 0 fully saturated rings. The number of amides is 1. The molecule has 4 aromatic rings. The molecule has 1 amide bonds. The van der Waals surface area contributed by atoms with Gasteiger partial charge in [-0.05, 0) is 23.8 Å². The summed E-state index contributed by atoms with van der Waals surface area (Å²) in [6, 6.07) is 21.7. The van der Waals surface area contributed by atoms with Crippen molar-refractivity contribution in [3.8, 4) is 5.75 Å². The number of carbonyl (C=O) groups excluding carboxylic acids is 1. The summed E-state index contributed by atoms with van der Waals surface area (Å²) in [5.41, 5.74) is 3.26. The zero-order valence-electron chi connectivity index (χ0n) is 16.2. The summed E-state index contributed by atoms with van der Waals surface area (Å²) in [6.45, 7) is 0.913. The van der Waals surface area contributed by atoms with E-state index in [-0.39, 0.29) is 18.3 Å². The molecule has 1 aliphatic heterocycles. The standard InChI is InChI=1S/C24H20FN3O2/c25-19-10-6-9-18-15-27(13-14-30-23(18)19)24(29)22(17-7-2-1-3-8-17)28-16-26-20-11-4-5-12-21(20)28/h1-12,16,22H,13-15H2. The molecule has 0 saturated heterocycles. The molecule has 2 heterocycles. The molecule has 5 nitrogen and oxygen atoms in total. The van der Waals surface area contributed by atoms with Crippen molar-refractivity contribution < 1.29 is 13.9 Å². The molecule has 0 aliphatic carbocycles. The van der Waals surface area contributed by atoms with Gasteiger partial charge in [-0.2, -0.15) is 0 Å². The van der Waals surface area contributed by atoms with Gasteiger partial charge in [0.25, 0.3) is 5.91 Å². The smallest absolute Gasteiger partial charge is 0.250 e. The SMILES string of the molecule is O=C(C(c1ccccc1)n1cnc2ccccc21)N1CCOc2c(F)cccc2C1. The van der Waals surface area contributed by atoms with Crippen molar-refractivity contribution in [3.63, 3.8) is 0 Å². The van der Waals surface area contributed by atoms with Gasteiger partial charge in [-0.1, -0.05) is 54.6 Å². The lowest BCUT2D eigenvalue weighted by Crippen LogP contribution is -2.38. The Bertz CT molecular complexity index is 1210. The number of hydrogen-bond donors (Lipinski definition) is 0. The number of hydrogen-bond acceptors (Lipinski definition) is 3. The minimum Gasteiger partial charge on any atom is -0.488 e. The van der Waals surface area contributed by atoms with E-state index in [2.05, 4.69) is 4.98 Å². The Morgan fingerprint density at radius 2 is 1.80 bits per heavy atom. The summed E-state index contributed by atoms with van der Waals surface area (Å²) >= 11 is 0. The van der Waals surface area contributed by atoms with Crippen LogP contribution < -0.4 is 4.74 Å². The van der Waals surface area contributed by atoms with E-state index < -0.39 is 11.9 Å². The fourth-order valence-corrected chi connectivity index (χ4v) is 3.98. The molecule has 0 saturated carbocycles. The number of aromatic nitrogens is 2. The highest BCUT2D eigenvalue weighted by atomic mass is 19.1. The molecule has 0 N–H and O–H groups in total. The topological polar surface area (TPSA) is 47.4 Å². The largest absolute Gasteiger partial charge is 0.488 e. The molecule has 0 bridgehead atoms. The van der Waals surface area contributed by atoms with Crippen molar-refractivity contribution in [2.75, 3.05) is 13.2 Å². The van der Waals surface area contributed by atoms with Gasteiger partial charge in [-0.25, -0.2) is 9.37 Å². The van der Waals surface area contributed by atoms with Crippen LogP contribution in [0, 0.1) is 5.82 Å². The normalized spacial score (nSPS) is 14.6. The van der Waals surface area contributed by atoms with Crippen molar-refractivity contribution in [1.82, 2.24) is 14.5 Å². The van der Waals surface area contributed by atoms with Crippen LogP contribution in [-0.4, -0.2) is 33.5 Å². The van der Waals surface area contributed by atoms with Gasteiger partial charge in [0, 0.05) is 12.1 Å². The predicted octanol–water partition coefficient (Wildman–Crippen LogP) is 4.19. The predicted molar refractivity (Wildman–Crippen MR) is 112 cm³/mol.